The molecular formula is C29H40N11O8P. The number of amides is 1. The number of H-pyrrole nitrogens is 1. The second-order valence-corrected chi connectivity index (χ2v) is 14.2. The molecule has 0 bridgehead atoms. The standard InChI is InChI=1S/C29H40N11O8P/c1-40(2,3)13-5-4-11-37-19-35-25-26(33-17-34-27(25)37)32-9-8-31-23(42)7-6-20-15-39(29(44)36-28(20)43)24-14-21(41)22(48-24)16-47-49(45,46)38-12-10-30-18-38/h6-7,10,12,15,17-19,21-22,24,41H,4-5,8-9,11,13-14,16H2,1-3H3,(H3-,31,32,33,34,36,42,43,44,45,46)/b7-6+. The van der Waals surface area contributed by atoms with Gasteiger partial charge in [0.1, 0.15) is 30.5 Å². The maximum atomic E-state index is 12.6. The van der Waals surface area contributed by atoms with Crippen molar-refractivity contribution in [3.8, 4) is 0 Å². The fourth-order valence-electron chi connectivity index (χ4n) is 5.13. The summed E-state index contributed by atoms with van der Waals surface area (Å²) in [5.41, 5.74) is -0.216. The first-order valence-corrected chi connectivity index (χ1v) is 17.1. The van der Waals surface area contributed by atoms with Gasteiger partial charge in [0, 0.05) is 50.7 Å². The van der Waals surface area contributed by atoms with Crippen LogP contribution in [0.2, 0.25) is 0 Å². The molecule has 20 heteroatoms. The Morgan fingerprint density at radius 2 is 2.04 bits per heavy atom. The van der Waals surface area contributed by atoms with Gasteiger partial charge in [-0.15, -0.1) is 0 Å². The van der Waals surface area contributed by atoms with Crippen molar-refractivity contribution < 1.29 is 33.1 Å². The van der Waals surface area contributed by atoms with Gasteiger partial charge in [0.15, 0.2) is 11.5 Å². The van der Waals surface area contributed by atoms with Gasteiger partial charge in [-0.3, -0.25) is 28.0 Å². The third kappa shape index (κ3) is 9.34. The summed E-state index contributed by atoms with van der Waals surface area (Å²) < 4.78 is 27.7. The van der Waals surface area contributed by atoms with Crippen molar-refractivity contribution in [3.05, 3.63) is 70.1 Å². The Bertz CT molecular complexity index is 1930. The lowest BCUT2D eigenvalue weighted by atomic mass is 10.2. The third-order valence-corrected chi connectivity index (χ3v) is 8.97. The van der Waals surface area contributed by atoms with Gasteiger partial charge >= 0.3 is 5.69 Å². The number of quaternary nitrogens is 1. The van der Waals surface area contributed by atoms with E-state index < -0.39 is 49.9 Å². The fourth-order valence-corrected chi connectivity index (χ4v) is 6.01. The average molecular weight is 702 g/mol. The Balaban J connectivity index is 1.11. The molecule has 1 fully saturated rings. The number of aliphatic hydroxyl groups is 1. The molecule has 1 aliphatic rings. The van der Waals surface area contributed by atoms with E-state index in [4.69, 9.17) is 9.26 Å². The topological polar surface area (TPSA) is 236 Å². The Morgan fingerprint density at radius 3 is 2.80 bits per heavy atom. The number of unbranched alkanes of at least 4 members (excludes halogenated alkanes) is 1. The van der Waals surface area contributed by atoms with Crippen molar-refractivity contribution in [1.82, 2.24) is 43.7 Å². The largest absolute Gasteiger partial charge is 0.761 e. The Labute approximate surface area is 280 Å². The molecule has 1 aliphatic heterocycles. The van der Waals surface area contributed by atoms with Gasteiger partial charge in [-0.2, -0.15) is 0 Å². The van der Waals surface area contributed by atoms with E-state index in [0.717, 1.165) is 57.4 Å². The van der Waals surface area contributed by atoms with E-state index in [1.54, 1.807) is 6.33 Å². The van der Waals surface area contributed by atoms with Gasteiger partial charge in [-0.25, -0.2) is 24.7 Å². The molecule has 19 nitrogen and oxygen atoms in total. The zero-order valence-corrected chi connectivity index (χ0v) is 28.2. The molecule has 0 spiro atoms. The highest BCUT2D eigenvalue weighted by Crippen LogP contribution is 2.40. The van der Waals surface area contributed by atoms with E-state index in [1.165, 1.54) is 31.0 Å². The summed E-state index contributed by atoms with van der Waals surface area (Å²) in [6, 6.07) is 0. The van der Waals surface area contributed by atoms with E-state index in [2.05, 4.69) is 56.7 Å². The zero-order chi connectivity index (χ0) is 35.2. The molecule has 4 aromatic rings. The Hall–Kier alpha value is -4.52. The molecule has 5 rings (SSSR count). The minimum Gasteiger partial charge on any atom is -0.761 e. The third-order valence-electron chi connectivity index (χ3n) is 7.70. The van der Waals surface area contributed by atoms with Crippen LogP contribution in [-0.2, 0) is 25.2 Å². The monoisotopic (exact) mass is 701 g/mol. The van der Waals surface area contributed by atoms with Gasteiger partial charge in [0.05, 0.1) is 52.3 Å². The number of fused-ring (bicyclic) bond motifs is 1. The van der Waals surface area contributed by atoms with Crippen LogP contribution in [0.5, 0.6) is 0 Å². The van der Waals surface area contributed by atoms with Crippen LogP contribution in [-0.4, -0.2) is 113 Å². The van der Waals surface area contributed by atoms with Crippen LogP contribution in [0.15, 0.2) is 53.2 Å². The summed E-state index contributed by atoms with van der Waals surface area (Å²) >= 11 is 0. The molecule has 4 aromatic heterocycles. The highest BCUT2D eigenvalue weighted by Gasteiger charge is 2.36. The normalized spacial score (nSPS) is 19.4. The number of nitrogens with one attached hydrogen (secondary N) is 3. The number of aromatic amines is 1. The zero-order valence-electron chi connectivity index (χ0n) is 27.3. The first-order chi connectivity index (χ1) is 23.3. The molecule has 0 aliphatic carbocycles. The van der Waals surface area contributed by atoms with Gasteiger partial charge < -0.3 is 38.9 Å². The highest BCUT2D eigenvalue weighted by atomic mass is 31.2. The number of carbonyl (C=O) groups is 1. The number of imidazole rings is 2. The molecule has 5 heterocycles. The van der Waals surface area contributed by atoms with E-state index in [-0.39, 0.29) is 18.5 Å². The second kappa shape index (κ2) is 15.4. The van der Waals surface area contributed by atoms with E-state index in [9.17, 15) is 28.9 Å². The molecule has 0 saturated carbocycles. The van der Waals surface area contributed by atoms with Gasteiger partial charge in [0.2, 0.25) is 13.7 Å². The minimum absolute atomic E-state index is 0.0220. The summed E-state index contributed by atoms with van der Waals surface area (Å²) in [6.07, 6.45) is 9.02. The molecule has 264 valence electrons. The molecule has 0 radical (unpaired) electrons. The average Bonchev–Trinajstić information content (AvgIpc) is 3.81. The summed E-state index contributed by atoms with van der Waals surface area (Å²) in [7, 11) is 1.98. The van der Waals surface area contributed by atoms with Gasteiger partial charge in [-0.05, 0) is 18.9 Å². The predicted octanol–water partition coefficient (Wildman–Crippen LogP) is -0.718. The van der Waals surface area contributed by atoms with Crippen LogP contribution >= 0.6 is 7.75 Å². The number of hydrogen-bond acceptors (Lipinski definition) is 13. The van der Waals surface area contributed by atoms with Crippen LogP contribution in [0, 0.1) is 0 Å². The molecule has 1 amide bonds. The Kier molecular flexibility index (Phi) is 11.2. The maximum absolute atomic E-state index is 12.6. The number of carbonyl (C=O) groups excluding carboxylic acids is 1. The van der Waals surface area contributed by atoms with E-state index in [0.29, 0.717) is 17.9 Å². The van der Waals surface area contributed by atoms with Crippen LogP contribution in [0.25, 0.3) is 17.2 Å². The van der Waals surface area contributed by atoms with E-state index >= 15 is 0 Å². The molecule has 4 atom stereocenters. The van der Waals surface area contributed by atoms with Crippen LogP contribution in [0.4, 0.5) is 5.82 Å². The Morgan fingerprint density at radius 1 is 1.22 bits per heavy atom. The number of hydrogen-bond donors (Lipinski definition) is 4. The second-order valence-electron chi connectivity index (χ2n) is 12.5. The van der Waals surface area contributed by atoms with Crippen molar-refractivity contribution in [2.24, 2.45) is 0 Å². The highest BCUT2D eigenvalue weighted by molar-refractivity contribution is 7.49. The minimum atomic E-state index is -4.52. The number of nitrogens with zero attached hydrogens (tertiary/aromatic N) is 8. The summed E-state index contributed by atoms with van der Waals surface area (Å²) in [6.45, 7) is 1.91. The van der Waals surface area contributed by atoms with E-state index in [1.807, 2.05) is 4.57 Å². The number of ether oxygens (including phenoxy) is 1. The summed E-state index contributed by atoms with van der Waals surface area (Å²) in [5, 5.41) is 16.3. The molecule has 4 unspecified atom stereocenters. The smallest absolute Gasteiger partial charge is 0.330 e. The van der Waals surface area contributed by atoms with Gasteiger partial charge in [0.25, 0.3) is 5.56 Å². The molecule has 1 saturated heterocycles. The fraction of sp³-hybridized carbons (Fsp3) is 0.483. The van der Waals surface area contributed by atoms with Crippen LogP contribution in [0.3, 0.4) is 0 Å². The first kappa shape index (κ1) is 35.8. The molecule has 49 heavy (non-hydrogen) atoms. The van der Waals surface area contributed by atoms with Crippen molar-refractivity contribution >= 4 is 36.7 Å². The van der Waals surface area contributed by atoms with Crippen molar-refractivity contribution in [2.45, 2.75) is 44.2 Å². The first-order valence-electron chi connectivity index (χ1n) is 15.6. The molecular weight excluding hydrogens is 661 g/mol. The number of aromatic nitrogens is 8. The predicted molar refractivity (Wildman–Crippen MR) is 175 cm³/mol. The van der Waals surface area contributed by atoms with Crippen molar-refractivity contribution in [3.63, 3.8) is 0 Å². The summed E-state index contributed by atoms with van der Waals surface area (Å²) in [5.74, 6) is 0.0524. The molecule has 4 N–H and O–H groups in total. The quantitative estimate of drug-likeness (QED) is 0.0489. The lowest BCUT2D eigenvalue weighted by Crippen LogP contribution is -2.35. The van der Waals surface area contributed by atoms with Crippen LogP contribution < -0.4 is 26.8 Å². The lowest BCUT2D eigenvalue weighted by molar-refractivity contribution is -0.870. The summed E-state index contributed by atoms with van der Waals surface area (Å²) in [4.78, 5) is 68.7. The SMILES string of the molecule is C[N+](C)(C)CCCCn1cnc2c(NCCNC(=O)/C=C/c3cn(C4CC(O)C(COP(=O)([O-])n5ccnc5)O4)c(=O)[nH]c3=O)ncnc21. The van der Waals surface area contributed by atoms with Gasteiger partial charge in [-0.1, -0.05) is 0 Å². The van der Waals surface area contributed by atoms with Crippen molar-refractivity contribution in [2.75, 3.05) is 52.7 Å². The lowest BCUT2D eigenvalue weighted by Gasteiger charge is -2.26. The maximum Gasteiger partial charge on any atom is 0.330 e. The van der Waals surface area contributed by atoms with Crippen molar-refractivity contribution in [1.29, 1.82) is 0 Å². The van der Waals surface area contributed by atoms with Crippen LogP contribution in [0.1, 0.15) is 31.1 Å². The number of aryl methyl sites for hydroxylation is 1. The molecule has 0 aromatic carbocycles. The number of anilines is 1. The number of aliphatic hydroxyl groups excluding tert-OH is 1. The number of rotatable bonds is 16.